The summed E-state index contributed by atoms with van der Waals surface area (Å²) in [6.45, 7) is 2.61. The standard InChI is InChI=1S/C17H22FN5O3/c1-8-14-10(16(24)23(20)17(25)22(14)9-3-4-9)5-11(18)15(8)21-6-12(19)13(7-21)26-2/h5,9,12-13H,3-4,6-7,19-20H2,1-2H3. The molecule has 1 aromatic heterocycles. The van der Waals surface area contributed by atoms with E-state index in [2.05, 4.69) is 0 Å². The number of nitrogens with zero attached hydrogens (tertiary/aromatic N) is 3. The molecule has 1 saturated carbocycles. The number of methoxy groups -OCH3 is 1. The monoisotopic (exact) mass is 363 g/mol. The fraction of sp³-hybridized carbons (Fsp3) is 0.529. The zero-order valence-corrected chi connectivity index (χ0v) is 14.7. The Hall–Kier alpha value is -2.39. The fourth-order valence-electron chi connectivity index (χ4n) is 3.95. The van der Waals surface area contributed by atoms with E-state index >= 15 is 0 Å². The van der Waals surface area contributed by atoms with Gasteiger partial charge in [0.25, 0.3) is 5.56 Å². The fourth-order valence-corrected chi connectivity index (χ4v) is 3.95. The molecule has 2 heterocycles. The van der Waals surface area contributed by atoms with Gasteiger partial charge >= 0.3 is 5.69 Å². The number of ether oxygens (including phenoxy) is 1. The van der Waals surface area contributed by atoms with Crippen LogP contribution in [0.15, 0.2) is 15.7 Å². The Morgan fingerprint density at radius 3 is 2.54 bits per heavy atom. The van der Waals surface area contributed by atoms with Gasteiger partial charge in [0, 0.05) is 31.8 Å². The zero-order chi connectivity index (χ0) is 18.7. The van der Waals surface area contributed by atoms with Gasteiger partial charge < -0.3 is 21.2 Å². The van der Waals surface area contributed by atoms with Crippen molar-refractivity contribution < 1.29 is 9.13 Å². The van der Waals surface area contributed by atoms with E-state index in [1.54, 1.807) is 14.0 Å². The van der Waals surface area contributed by atoms with Gasteiger partial charge in [0.2, 0.25) is 0 Å². The van der Waals surface area contributed by atoms with E-state index in [-0.39, 0.29) is 23.6 Å². The van der Waals surface area contributed by atoms with Gasteiger partial charge in [0.15, 0.2) is 0 Å². The highest BCUT2D eigenvalue weighted by Crippen LogP contribution is 2.38. The smallest absolute Gasteiger partial charge is 0.350 e. The van der Waals surface area contributed by atoms with Crippen LogP contribution in [0.25, 0.3) is 10.9 Å². The van der Waals surface area contributed by atoms with Crippen LogP contribution in [-0.4, -0.2) is 41.6 Å². The molecule has 0 bridgehead atoms. The van der Waals surface area contributed by atoms with E-state index in [4.69, 9.17) is 16.3 Å². The molecule has 0 spiro atoms. The second-order valence-corrected chi connectivity index (χ2v) is 7.13. The van der Waals surface area contributed by atoms with E-state index in [1.807, 2.05) is 4.90 Å². The second kappa shape index (κ2) is 5.82. The van der Waals surface area contributed by atoms with Crippen molar-refractivity contribution in [3.05, 3.63) is 38.3 Å². The molecule has 4 rings (SSSR count). The molecule has 2 aliphatic rings. The summed E-state index contributed by atoms with van der Waals surface area (Å²) in [6, 6.07) is 0.926. The maximum absolute atomic E-state index is 15.0. The highest BCUT2D eigenvalue weighted by atomic mass is 19.1. The molecular weight excluding hydrogens is 341 g/mol. The number of rotatable bonds is 3. The van der Waals surface area contributed by atoms with Gasteiger partial charge in [-0.05, 0) is 25.8 Å². The average molecular weight is 363 g/mol. The van der Waals surface area contributed by atoms with E-state index in [0.717, 1.165) is 12.8 Å². The minimum absolute atomic E-state index is 0.00929. The predicted octanol–water partition coefficient (Wildman–Crippen LogP) is -0.178. The van der Waals surface area contributed by atoms with Crippen molar-refractivity contribution in [3.63, 3.8) is 0 Å². The van der Waals surface area contributed by atoms with Gasteiger partial charge in [0.05, 0.1) is 28.7 Å². The molecule has 1 aliphatic carbocycles. The molecule has 0 radical (unpaired) electrons. The zero-order valence-electron chi connectivity index (χ0n) is 14.7. The molecule has 2 atom stereocenters. The predicted molar refractivity (Wildman–Crippen MR) is 96.6 cm³/mol. The van der Waals surface area contributed by atoms with E-state index in [0.29, 0.717) is 34.5 Å². The maximum atomic E-state index is 15.0. The Morgan fingerprint density at radius 2 is 1.96 bits per heavy atom. The van der Waals surface area contributed by atoms with E-state index in [1.165, 1.54) is 10.6 Å². The largest absolute Gasteiger partial charge is 0.378 e. The lowest BCUT2D eigenvalue weighted by Crippen LogP contribution is -2.44. The van der Waals surface area contributed by atoms with E-state index < -0.39 is 17.1 Å². The van der Waals surface area contributed by atoms with Gasteiger partial charge in [-0.15, -0.1) is 0 Å². The molecule has 2 fully saturated rings. The first-order valence-corrected chi connectivity index (χ1v) is 8.64. The van der Waals surface area contributed by atoms with Crippen molar-refractivity contribution in [2.75, 3.05) is 30.9 Å². The van der Waals surface area contributed by atoms with Crippen molar-refractivity contribution in [3.8, 4) is 0 Å². The van der Waals surface area contributed by atoms with Gasteiger partial charge in [-0.25, -0.2) is 9.18 Å². The lowest BCUT2D eigenvalue weighted by Gasteiger charge is -2.24. The molecule has 1 aromatic carbocycles. The third-order valence-electron chi connectivity index (χ3n) is 5.41. The maximum Gasteiger partial charge on any atom is 0.350 e. The Kier molecular flexibility index (Phi) is 3.81. The summed E-state index contributed by atoms with van der Waals surface area (Å²) in [6.07, 6.45) is 1.46. The molecular formula is C17H22FN5O3. The number of anilines is 1. The van der Waals surface area contributed by atoms with Crippen LogP contribution in [0, 0.1) is 12.7 Å². The lowest BCUT2D eigenvalue weighted by molar-refractivity contribution is 0.108. The molecule has 2 aromatic rings. The summed E-state index contributed by atoms with van der Waals surface area (Å²) in [5.74, 6) is 5.10. The Morgan fingerprint density at radius 1 is 1.27 bits per heavy atom. The number of halogens is 1. The van der Waals surface area contributed by atoms with Crippen molar-refractivity contribution >= 4 is 16.6 Å². The van der Waals surface area contributed by atoms with Crippen LogP contribution in [0.4, 0.5) is 10.1 Å². The molecule has 0 amide bonds. The van der Waals surface area contributed by atoms with Crippen LogP contribution in [-0.2, 0) is 4.74 Å². The van der Waals surface area contributed by atoms with Crippen LogP contribution in [0.5, 0.6) is 0 Å². The minimum atomic E-state index is -0.691. The molecule has 1 aliphatic heterocycles. The third-order valence-corrected chi connectivity index (χ3v) is 5.41. The van der Waals surface area contributed by atoms with Crippen molar-refractivity contribution in [1.29, 1.82) is 0 Å². The van der Waals surface area contributed by atoms with Crippen LogP contribution < -0.4 is 27.7 Å². The number of hydrogen-bond donors (Lipinski definition) is 2. The molecule has 1 saturated heterocycles. The van der Waals surface area contributed by atoms with E-state index in [9.17, 15) is 14.0 Å². The van der Waals surface area contributed by atoms with Gasteiger partial charge in [0.1, 0.15) is 5.82 Å². The van der Waals surface area contributed by atoms with Gasteiger partial charge in [-0.3, -0.25) is 9.36 Å². The van der Waals surface area contributed by atoms with Crippen LogP contribution in [0.2, 0.25) is 0 Å². The summed E-state index contributed by atoms with van der Waals surface area (Å²) in [5, 5.41) is 0.115. The number of aromatic nitrogens is 2. The first-order chi connectivity index (χ1) is 12.3. The first kappa shape index (κ1) is 17.0. The summed E-state index contributed by atoms with van der Waals surface area (Å²) in [7, 11) is 1.58. The Balaban J connectivity index is 2.00. The number of hydrogen-bond acceptors (Lipinski definition) is 6. The van der Waals surface area contributed by atoms with Crippen molar-refractivity contribution in [2.45, 2.75) is 38.0 Å². The summed E-state index contributed by atoms with van der Waals surface area (Å²) >= 11 is 0. The molecule has 140 valence electrons. The number of fused-ring (bicyclic) bond motifs is 1. The lowest BCUT2D eigenvalue weighted by atomic mass is 10.1. The summed E-state index contributed by atoms with van der Waals surface area (Å²) < 4.78 is 22.4. The minimum Gasteiger partial charge on any atom is -0.378 e. The molecule has 26 heavy (non-hydrogen) atoms. The number of aryl methyl sites for hydroxylation is 1. The number of nitrogens with two attached hydrogens (primary N) is 2. The van der Waals surface area contributed by atoms with Crippen LogP contribution in [0.1, 0.15) is 24.4 Å². The molecule has 9 heteroatoms. The summed E-state index contributed by atoms with van der Waals surface area (Å²) in [4.78, 5) is 26.8. The van der Waals surface area contributed by atoms with Gasteiger partial charge in [-0.1, -0.05) is 0 Å². The number of benzene rings is 1. The van der Waals surface area contributed by atoms with Gasteiger partial charge in [-0.2, -0.15) is 4.68 Å². The Labute approximate surface area is 148 Å². The number of nitrogen functional groups attached to an aromatic ring is 1. The quantitative estimate of drug-likeness (QED) is 0.733. The second-order valence-electron chi connectivity index (χ2n) is 7.13. The van der Waals surface area contributed by atoms with Crippen LogP contribution in [0.3, 0.4) is 0 Å². The van der Waals surface area contributed by atoms with Crippen molar-refractivity contribution in [1.82, 2.24) is 9.24 Å². The summed E-state index contributed by atoms with van der Waals surface area (Å²) in [5.41, 5.74) is 6.17. The first-order valence-electron chi connectivity index (χ1n) is 8.64. The molecule has 4 N–H and O–H groups in total. The van der Waals surface area contributed by atoms with Crippen LogP contribution >= 0.6 is 0 Å². The Bertz CT molecular complexity index is 1010. The normalized spacial score (nSPS) is 23.2. The molecule has 2 unspecified atom stereocenters. The average Bonchev–Trinajstić information content (AvgIpc) is 3.37. The molecule has 8 nitrogen and oxygen atoms in total. The third kappa shape index (κ3) is 2.34. The highest BCUT2D eigenvalue weighted by molar-refractivity contribution is 5.87. The topological polar surface area (TPSA) is 109 Å². The highest BCUT2D eigenvalue weighted by Gasteiger charge is 2.35. The SMILES string of the molecule is COC1CN(c2c(F)cc3c(=O)n(N)c(=O)n(C4CC4)c3c2C)CC1N. The van der Waals surface area contributed by atoms with Crippen molar-refractivity contribution in [2.24, 2.45) is 5.73 Å².